The first-order chi connectivity index (χ1) is 14.3. The molecule has 0 aliphatic heterocycles. The molecule has 7 nitrogen and oxygen atoms in total. The van der Waals surface area contributed by atoms with E-state index in [2.05, 4.69) is 10.4 Å². The van der Waals surface area contributed by atoms with Crippen LogP contribution in [-0.2, 0) is 9.53 Å². The second kappa shape index (κ2) is 9.21. The van der Waals surface area contributed by atoms with E-state index in [0.717, 1.165) is 0 Å². The molecular weight excluding hydrogens is 389 g/mol. The van der Waals surface area contributed by atoms with Crippen molar-refractivity contribution in [1.29, 1.82) is 0 Å². The van der Waals surface area contributed by atoms with Gasteiger partial charge in [0.1, 0.15) is 17.4 Å². The standard InChI is InChI=1S/C22H22FN3O4/c1-14(2)30-22(28)16-4-10-19(11-5-16)29-13-21(27)24-20-12-15(3)25-26(20)18-8-6-17(23)7-9-18/h4-12,14H,13H2,1-3H3,(H,24,27). The fourth-order valence-corrected chi connectivity index (χ4v) is 2.66. The molecule has 3 aromatic rings. The lowest BCUT2D eigenvalue weighted by molar-refractivity contribution is -0.118. The number of nitrogens with one attached hydrogen (secondary N) is 1. The largest absolute Gasteiger partial charge is 0.484 e. The van der Waals surface area contributed by atoms with Crippen LogP contribution >= 0.6 is 0 Å². The van der Waals surface area contributed by atoms with Crippen molar-refractivity contribution in [3.63, 3.8) is 0 Å². The van der Waals surface area contributed by atoms with Crippen LogP contribution in [0.1, 0.15) is 29.9 Å². The first kappa shape index (κ1) is 21.0. The maximum atomic E-state index is 13.2. The number of hydrogen-bond donors (Lipinski definition) is 1. The molecule has 0 atom stereocenters. The molecule has 0 unspecified atom stereocenters. The third-order valence-corrected chi connectivity index (χ3v) is 3.97. The number of carbonyl (C=O) groups is 2. The lowest BCUT2D eigenvalue weighted by atomic mass is 10.2. The minimum Gasteiger partial charge on any atom is -0.484 e. The maximum absolute atomic E-state index is 13.2. The van der Waals surface area contributed by atoms with Crippen LogP contribution in [0.5, 0.6) is 5.75 Å². The van der Waals surface area contributed by atoms with Gasteiger partial charge in [0.2, 0.25) is 0 Å². The molecular formula is C22H22FN3O4. The minimum atomic E-state index is -0.418. The molecule has 0 aliphatic rings. The Hall–Kier alpha value is -3.68. The lowest BCUT2D eigenvalue weighted by Crippen LogP contribution is -2.22. The number of rotatable bonds is 7. The van der Waals surface area contributed by atoms with E-state index in [-0.39, 0.29) is 24.4 Å². The molecule has 0 spiro atoms. The summed E-state index contributed by atoms with van der Waals surface area (Å²) in [6.07, 6.45) is -0.205. The number of anilines is 1. The SMILES string of the molecule is Cc1cc(NC(=O)COc2ccc(C(=O)OC(C)C)cc2)n(-c2ccc(F)cc2)n1. The molecule has 1 amide bonds. The Kier molecular flexibility index (Phi) is 6.46. The third kappa shape index (κ3) is 5.44. The molecule has 0 saturated carbocycles. The highest BCUT2D eigenvalue weighted by atomic mass is 19.1. The molecule has 1 aromatic heterocycles. The van der Waals surface area contributed by atoms with Crippen LogP contribution in [-0.4, -0.2) is 34.4 Å². The molecule has 0 aliphatic carbocycles. The average molecular weight is 411 g/mol. The van der Waals surface area contributed by atoms with E-state index in [1.165, 1.54) is 16.8 Å². The molecule has 8 heteroatoms. The van der Waals surface area contributed by atoms with E-state index in [0.29, 0.717) is 28.5 Å². The first-order valence-corrected chi connectivity index (χ1v) is 9.38. The van der Waals surface area contributed by atoms with E-state index in [9.17, 15) is 14.0 Å². The molecule has 3 rings (SSSR count). The summed E-state index contributed by atoms with van der Waals surface area (Å²) >= 11 is 0. The molecule has 0 saturated heterocycles. The second-order valence-electron chi connectivity index (χ2n) is 6.87. The molecule has 0 fully saturated rings. The summed E-state index contributed by atoms with van der Waals surface area (Å²) in [5, 5.41) is 7.06. The Bertz CT molecular complexity index is 1030. The third-order valence-electron chi connectivity index (χ3n) is 3.97. The van der Waals surface area contributed by atoms with Crippen molar-refractivity contribution in [1.82, 2.24) is 9.78 Å². The number of esters is 1. The predicted molar refractivity (Wildman–Crippen MR) is 109 cm³/mol. The van der Waals surface area contributed by atoms with E-state index in [4.69, 9.17) is 9.47 Å². The second-order valence-corrected chi connectivity index (χ2v) is 6.87. The van der Waals surface area contributed by atoms with Crippen molar-refractivity contribution in [3.05, 3.63) is 71.7 Å². The summed E-state index contributed by atoms with van der Waals surface area (Å²) < 4.78 is 25.3. The Morgan fingerprint density at radius 1 is 1.10 bits per heavy atom. The lowest BCUT2D eigenvalue weighted by Gasteiger charge is -2.11. The zero-order chi connectivity index (χ0) is 21.7. The Labute approximate surface area is 173 Å². The molecule has 2 aromatic carbocycles. The summed E-state index contributed by atoms with van der Waals surface area (Å²) in [4.78, 5) is 24.2. The average Bonchev–Trinajstić information content (AvgIpc) is 3.06. The summed E-state index contributed by atoms with van der Waals surface area (Å²) in [5.74, 6) is -0.278. The number of nitrogens with zero attached hydrogens (tertiary/aromatic N) is 2. The van der Waals surface area contributed by atoms with Gasteiger partial charge in [-0.15, -0.1) is 0 Å². The van der Waals surface area contributed by atoms with Crippen LogP contribution < -0.4 is 10.1 Å². The Morgan fingerprint density at radius 3 is 2.40 bits per heavy atom. The number of aromatic nitrogens is 2. The Balaban J connectivity index is 1.60. The number of halogens is 1. The zero-order valence-corrected chi connectivity index (χ0v) is 16.9. The van der Waals surface area contributed by atoms with Gasteiger partial charge in [-0.05, 0) is 69.3 Å². The van der Waals surface area contributed by atoms with Crippen LogP contribution in [0.2, 0.25) is 0 Å². The number of hydrogen-bond acceptors (Lipinski definition) is 5. The molecule has 1 N–H and O–H groups in total. The van der Waals surface area contributed by atoms with Gasteiger partial charge in [0.25, 0.3) is 5.91 Å². The fourth-order valence-electron chi connectivity index (χ4n) is 2.66. The summed E-state index contributed by atoms with van der Waals surface area (Å²) in [5.41, 5.74) is 1.71. The van der Waals surface area contributed by atoms with Gasteiger partial charge in [-0.25, -0.2) is 13.9 Å². The Morgan fingerprint density at radius 2 is 1.77 bits per heavy atom. The number of benzene rings is 2. The van der Waals surface area contributed by atoms with Crippen LogP contribution in [0, 0.1) is 12.7 Å². The van der Waals surface area contributed by atoms with Crippen molar-refractivity contribution in [3.8, 4) is 11.4 Å². The number of aryl methyl sites for hydroxylation is 1. The van der Waals surface area contributed by atoms with E-state index < -0.39 is 5.97 Å². The van der Waals surface area contributed by atoms with Crippen LogP contribution in [0.4, 0.5) is 10.2 Å². The highest BCUT2D eigenvalue weighted by Gasteiger charge is 2.13. The summed E-state index contributed by atoms with van der Waals surface area (Å²) in [6, 6.07) is 13.8. The molecule has 30 heavy (non-hydrogen) atoms. The van der Waals surface area contributed by atoms with Gasteiger partial charge in [0.05, 0.1) is 23.0 Å². The summed E-state index contributed by atoms with van der Waals surface area (Å²) in [6.45, 7) is 5.11. The monoisotopic (exact) mass is 411 g/mol. The maximum Gasteiger partial charge on any atom is 0.338 e. The topological polar surface area (TPSA) is 82.5 Å². The van der Waals surface area contributed by atoms with Gasteiger partial charge in [-0.2, -0.15) is 5.10 Å². The van der Waals surface area contributed by atoms with Crippen molar-refractivity contribution < 1.29 is 23.5 Å². The van der Waals surface area contributed by atoms with Gasteiger partial charge >= 0.3 is 5.97 Å². The smallest absolute Gasteiger partial charge is 0.338 e. The van der Waals surface area contributed by atoms with E-state index in [1.807, 2.05) is 0 Å². The van der Waals surface area contributed by atoms with Crippen LogP contribution in [0.3, 0.4) is 0 Å². The van der Waals surface area contributed by atoms with Gasteiger partial charge in [-0.3, -0.25) is 4.79 Å². The van der Waals surface area contributed by atoms with Gasteiger partial charge < -0.3 is 14.8 Å². The fraction of sp³-hybridized carbons (Fsp3) is 0.227. The van der Waals surface area contributed by atoms with Crippen molar-refractivity contribution in [2.24, 2.45) is 0 Å². The number of carbonyl (C=O) groups excluding carboxylic acids is 2. The van der Waals surface area contributed by atoms with Gasteiger partial charge in [0, 0.05) is 6.07 Å². The molecule has 0 radical (unpaired) electrons. The molecule has 156 valence electrons. The van der Waals surface area contributed by atoms with Gasteiger partial charge in [0.15, 0.2) is 6.61 Å². The van der Waals surface area contributed by atoms with Crippen molar-refractivity contribution in [2.45, 2.75) is 26.9 Å². The van der Waals surface area contributed by atoms with Crippen LogP contribution in [0.15, 0.2) is 54.6 Å². The summed E-state index contributed by atoms with van der Waals surface area (Å²) in [7, 11) is 0. The van der Waals surface area contributed by atoms with Crippen molar-refractivity contribution >= 4 is 17.7 Å². The van der Waals surface area contributed by atoms with E-state index >= 15 is 0 Å². The first-order valence-electron chi connectivity index (χ1n) is 9.38. The highest BCUT2D eigenvalue weighted by Crippen LogP contribution is 2.18. The number of ether oxygens (including phenoxy) is 2. The normalized spacial score (nSPS) is 10.7. The zero-order valence-electron chi connectivity index (χ0n) is 16.9. The van der Waals surface area contributed by atoms with Crippen molar-refractivity contribution in [2.75, 3.05) is 11.9 Å². The van der Waals surface area contributed by atoms with Gasteiger partial charge in [-0.1, -0.05) is 0 Å². The molecule has 1 heterocycles. The minimum absolute atomic E-state index is 0.205. The molecule has 0 bridgehead atoms. The highest BCUT2D eigenvalue weighted by molar-refractivity contribution is 5.91. The predicted octanol–water partition coefficient (Wildman–Crippen LogP) is 3.90. The van der Waals surface area contributed by atoms with E-state index in [1.54, 1.807) is 63.2 Å². The van der Waals surface area contributed by atoms with Crippen LogP contribution in [0.25, 0.3) is 5.69 Å². The number of amides is 1. The quantitative estimate of drug-likeness (QED) is 0.596.